The van der Waals surface area contributed by atoms with Crippen molar-refractivity contribution in [2.24, 2.45) is 0 Å². The number of para-hydroxylation sites is 1. The summed E-state index contributed by atoms with van der Waals surface area (Å²) in [6, 6.07) is 15.2. The third-order valence-electron chi connectivity index (χ3n) is 3.40. The molecule has 3 aromatic rings. The zero-order chi connectivity index (χ0) is 14.8. The molecule has 0 amide bonds. The minimum Gasteiger partial charge on any atom is -0.485 e. The number of aryl methyl sites for hydroxylation is 2. The van der Waals surface area contributed by atoms with E-state index in [-0.39, 0.29) is 12.4 Å². The Morgan fingerprint density at radius 1 is 1.10 bits per heavy atom. The topological polar surface area (TPSA) is 39.4 Å². The van der Waals surface area contributed by atoms with Gasteiger partial charge in [-0.1, -0.05) is 30.3 Å². The summed E-state index contributed by atoms with van der Waals surface area (Å²) in [5.41, 5.74) is 2.83. The molecule has 0 radical (unpaired) electrons. The number of ether oxygens (including phenoxy) is 1. The van der Waals surface area contributed by atoms with Gasteiger partial charge in [0.25, 0.3) is 0 Å². The fourth-order valence-electron chi connectivity index (χ4n) is 2.20. The molecule has 2 aromatic carbocycles. The van der Waals surface area contributed by atoms with Gasteiger partial charge in [-0.25, -0.2) is 0 Å². The van der Waals surface area contributed by atoms with Gasteiger partial charge in [-0.2, -0.15) is 0 Å². The van der Waals surface area contributed by atoms with Crippen molar-refractivity contribution in [2.45, 2.75) is 13.8 Å². The Morgan fingerprint density at radius 3 is 2.71 bits per heavy atom. The molecule has 0 bridgehead atoms. The molecule has 0 fully saturated rings. The number of furan rings is 1. The van der Waals surface area contributed by atoms with E-state index in [4.69, 9.17) is 9.15 Å². The number of hydrogen-bond donors (Lipinski definition) is 0. The smallest absolute Gasteiger partial charge is 0.235 e. The maximum atomic E-state index is 12.2. The van der Waals surface area contributed by atoms with Gasteiger partial charge in [-0.3, -0.25) is 4.79 Å². The lowest BCUT2D eigenvalue weighted by Gasteiger charge is -2.08. The van der Waals surface area contributed by atoms with E-state index in [0.29, 0.717) is 11.3 Å². The van der Waals surface area contributed by atoms with Crippen molar-refractivity contribution >= 4 is 16.8 Å². The number of ketones is 1. The predicted molar refractivity (Wildman–Crippen MR) is 82.0 cm³/mol. The van der Waals surface area contributed by atoms with Crippen molar-refractivity contribution < 1.29 is 13.9 Å². The molecule has 106 valence electrons. The van der Waals surface area contributed by atoms with E-state index in [1.165, 1.54) is 0 Å². The number of fused-ring (bicyclic) bond motifs is 1. The van der Waals surface area contributed by atoms with Crippen LogP contribution in [0.5, 0.6) is 5.75 Å². The Hall–Kier alpha value is -2.55. The molecular weight excluding hydrogens is 264 g/mol. The van der Waals surface area contributed by atoms with Gasteiger partial charge in [0.05, 0.1) is 0 Å². The molecular formula is C18H16O3. The van der Waals surface area contributed by atoms with Crippen LogP contribution >= 0.6 is 0 Å². The minimum absolute atomic E-state index is 0.0237. The van der Waals surface area contributed by atoms with Crippen LogP contribution in [-0.2, 0) is 0 Å². The molecule has 0 aliphatic heterocycles. The van der Waals surface area contributed by atoms with Gasteiger partial charge in [-0.15, -0.1) is 0 Å². The van der Waals surface area contributed by atoms with Gasteiger partial charge in [0.2, 0.25) is 5.78 Å². The van der Waals surface area contributed by atoms with Crippen LogP contribution in [-0.4, -0.2) is 12.4 Å². The average Bonchev–Trinajstić information content (AvgIpc) is 2.92. The monoisotopic (exact) mass is 280 g/mol. The molecule has 0 unspecified atom stereocenters. The largest absolute Gasteiger partial charge is 0.485 e. The second-order valence-electron chi connectivity index (χ2n) is 5.13. The molecule has 3 rings (SSSR count). The van der Waals surface area contributed by atoms with Crippen LogP contribution in [0, 0.1) is 13.8 Å². The van der Waals surface area contributed by atoms with Crippen LogP contribution in [0.25, 0.3) is 11.0 Å². The van der Waals surface area contributed by atoms with E-state index in [1.807, 2.05) is 56.3 Å². The van der Waals surface area contributed by atoms with Gasteiger partial charge in [-0.05, 0) is 43.2 Å². The van der Waals surface area contributed by atoms with E-state index >= 15 is 0 Å². The first kappa shape index (κ1) is 13.4. The summed E-state index contributed by atoms with van der Waals surface area (Å²) in [6.45, 7) is 3.93. The van der Waals surface area contributed by atoms with E-state index in [1.54, 1.807) is 6.07 Å². The van der Waals surface area contributed by atoms with Gasteiger partial charge < -0.3 is 9.15 Å². The highest BCUT2D eigenvalue weighted by Gasteiger charge is 2.13. The Bertz CT molecular complexity index is 766. The first-order valence-corrected chi connectivity index (χ1v) is 6.85. The van der Waals surface area contributed by atoms with Crippen molar-refractivity contribution in [1.29, 1.82) is 0 Å². The third-order valence-corrected chi connectivity index (χ3v) is 3.40. The quantitative estimate of drug-likeness (QED) is 0.668. The first-order valence-electron chi connectivity index (χ1n) is 6.85. The summed E-state index contributed by atoms with van der Waals surface area (Å²) < 4.78 is 11.2. The predicted octanol–water partition coefficient (Wildman–Crippen LogP) is 4.31. The van der Waals surface area contributed by atoms with Crippen molar-refractivity contribution in [3.05, 3.63) is 65.4 Å². The molecule has 1 aromatic heterocycles. The standard InChI is InChI=1S/C18H16O3/c1-12-7-8-13(2)17(9-12)20-11-15(19)18-10-14-5-3-4-6-16(14)21-18/h3-10H,11H2,1-2H3. The van der Waals surface area contributed by atoms with E-state index in [9.17, 15) is 4.79 Å². The second kappa shape index (κ2) is 5.44. The summed E-state index contributed by atoms with van der Waals surface area (Å²) in [5, 5.41) is 0.924. The summed E-state index contributed by atoms with van der Waals surface area (Å²) in [5.74, 6) is 0.910. The highest BCUT2D eigenvalue weighted by molar-refractivity contribution is 5.98. The Morgan fingerprint density at radius 2 is 1.90 bits per heavy atom. The van der Waals surface area contributed by atoms with Crippen molar-refractivity contribution in [3.63, 3.8) is 0 Å². The number of benzene rings is 2. The molecule has 1 heterocycles. The highest BCUT2D eigenvalue weighted by atomic mass is 16.5. The van der Waals surface area contributed by atoms with Crippen molar-refractivity contribution in [2.75, 3.05) is 6.61 Å². The van der Waals surface area contributed by atoms with E-state index in [2.05, 4.69) is 0 Å². The number of Topliss-reactive ketones (excluding diaryl/α,β-unsaturated/α-hetero) is 1. The fraction of sp³-hybridized carbons (Fsp3) is 0.167. The van der Waals surface area contributed by atoms with E-state index < -0.39 is 0 Å². The first-order chi connectivity index (χ1) is 10.1. The SMILES string of the molecule is Cc1ccc(C)c(OCC(=O)c2cc3ccccc3o2)c1. The number of carbonyl (C=O) groups is 1. The fourth-order valence-corrected chi connectivity index (χ4v) is 2.20. The second-order valence-corrected chi connectivity index (χ2v) is 5.13. The van der Waals surface area contributed by atoms with Gasteiger partial charge in [0, 0.05) is 5.39 Å². The summed E-state index contributed by atoms with van der Waals surface area (Å²) in [6.07, 6.45) is 0. The molecule has 0 saturated heterocycles. The molecule has 0 N–H and O–H groups in total. The number of rotatable bonds is 4. The Labute approximate surface area is 123 Å². The van der Waals surface area contributed by atoms with Crippen LogP contribution in [0.1, 0.15) is 21.7 Å². The molecule has 3 nitrogen and oxygen atoms in total. The number of hydrogen-bond acceptors (Lipinski definition) is 3. The maximum Gasteiger partial charge on any atom is 0.235 e. The lowest BCUT2D eigenvalue weighted by molar-refractivity contribution is 0.0895. The van der Waals surface area contributed by atoms with Crippen molar-refractivity contribution in [3.8, 4) is 5.75 Å². The van der Waals surface area contributed by atoms with Gasteiger partial charge in [0.1, 0.15) is 11.3 Å². The van der Waals surface area contributed by atoms with Crippen molar-refractivity contribution in [1.82, 2.24) is 0 Å². The van der Waals surface area contributed by atoms with Gasteiger partial charge in [0.15, 0.2) is 12.4 Å². The van der Waals surface area contributed by atoms with Crippen LogP contribution in [0.2, 0.25) is 0 Å². The molecule has 21 heavy (non-hydrogen) atoms. The Kier molecular flexibility index (Phi) is 3.48. The molecule has 0 atom stereocenters. The van der Waals surface area contributed by atoms with Gasteiger partial charge >= 0.3 is 0 Å². The average molecular weight is 280 g/mol. The lowest BCUT2D eigenvalue weighted by atomic mass is 10.1. The molecule has 0 aliphatic rings. The summed E-state index contributed by atoms with van der Waals surface area (Å²) in [4.78, 5) is 12.2. The molecule has 3 heteroatoms. The molecule has 0 aliphatic carbocycles. The highest BCUT2D eigenvalue weighted by Crippen LogP contribution is 2.21. The summed E-state index contributed by atoms with van der Waals surface area (Å²) >= 11 is 0. The van der Waals surface area contributed by atoms with Crippen LogP contribution in [0.4, 0.5) is 0 Å². The zero-order valence-corrected chi connectivity index (χ0v) is 12.1. The zero-order valence-electron chi connectivity index (χ0n) is 12.1. The molecule has 0 spiro atoms. The minimum atomic E-state index is -0.160. The molecule has 0 saturated carbocycles. The lowest BCUT2D eigenvalue weighted by Crippen LogP contribution is -2.11. The normalized spacial score (nSPS) is 10.8. The summed E-state index contributed by atoms with van der Waals surface area (Å²) in [7, 11) is 0. The maximum absolute atomic E-state index is 12.2. The third kappa shape index (κ3) is 2.82. The number of carbonyl (C=O) groups excluding carboxylic acids is 1. The van der Waals surface area contributed by atoms with Crippen LogP contribution < -0.4 is 4.74 Å². The van der Waals surface area contributed by atoms with Crippen LogP contribution in [0.3, 0.4) is 0 Å². The van der Waals surface area contributed by atoms with Crippen LogP contribution in [0.15, 0.2) is 52.9 Å². The van der Waals surface area contributed by atoms with E-state index in [0.717, 1.165) is 22.3 Å². The Balaban J connectivity index is 1.75.